The van der Waals surface area contributed by atoms with Crippen molar-refractivity contribution in [3.05, 3.63) is 0 Å². The van der Waals surface area contributed by atoms with Gasteiger partial charge in [0, 0.05) is 12.4 Å². The predicted molar refractivity (Wildman–Crippen MR) is 54.1 cm³/mol. The average Bonchev–Trinajstić information content (AvgIpc) is 2.35. The smallest absolute Gasteiger partial charge is 0.460 e. The van der Waals surface area contributed by atoms with Crippen LogP contribution in [0.5, 0.6) is 0 Å². The quantitative estimate of drug-likeness (QED) is 0.512. The van der Waals surface area contributed by atoms with Gasteiger partial charge in [0.15, 0.2) is 0 Å². The molecule has 0 saturated heterocycles. The first kappa shape index (κ1) is 20.9. The molecule has 0 heterocycles. The Morgan fingerprint density at radius 1 is 1.09 bits per heavy atom. The summed E-state index contributed by atoms with van der Waals surface area (Å²) in [5.41, 5.74) is 0. The molecular formula is C10H9F7NO5-. The van der Waals surface area contributed by atoms with Crippen LogP contribution in [0.3, 0.4) is 0 Å². The van der Waals surface area contributed by atoms with Crippen LogP contribution in [0.1, 0.15) is 13.3 Å². The average molecular weight is 356 g/mol. The fourth-order valence-electron chi connectivity index (χ4n) is 1.17. The highest BCUT2D eigenvalue weighted by molar-refractivity contribution is 5.91. The highest BCUT2D eigenvalue weighted by atomic mass is 19.4. The number of carbonyl (C=O) groups is 3. The van der Waals surface area contributed by atoms with Gasteiger partial charge in [0.2, 0.25) is 0 Å². The number of nitrogens with one attached hydrogen (secondary N) is 1. The van der Waals surface area contributed by atoms with Gasteiger partial charge in [-0.25, -0.2) is 4.79 Å². The summed E-state index contributed by atoms with van der Waals surface area (Å²) in [7, 11) is 0. The highest BCUT2D eigenvalue weighted by Gasteiger charge is 2.76. The third-order valence-electron chi connectivity index (χ3n) is 2.28. The molecule has 1 atom stereocenters. The molecule has 0 aromatic carbocycles. The fraction of sp³-hybridized carbons (Fsp3) is 0.700. The second-order valence-electron chi connectivity index (χ2n) is 4.00. The lowest BCUT2D eigenvalue weighted by molar-refractivity contribution is -0.344. The molecule has 0 aromatic heterocycles. The summed E-state index contributed by atoms with van der Waals surface area (Å²) in [6.45, 7) is 0.787. The van der Waals surface area contributed by atoms with Gasteiger partial charge in [-0.05, 0) is 6.92 Å². The molecule has 0 rings (SSSR count). The van der Waals surface area contributed by atoms with E-state index in [2.05, 4.69) is 4.74 Å². The summed E-state index contributed by atoms with van der Waals surface area (Å²) in [6, 6.07) is -2.43. The zero-order valence-corrected chi connectivity index (χ0v) is 11.2. The predicted octanol–water partition coefficient (Wildman–Crippen LogP) is 0.00720. The van der Waals surface area contributed by atoms with Crippen LogP contribution in [-0.4, -0.2) is 48.5 Å². The molecule has 6 nitrogen and oxygen atoms in total. The minimum absolute atomic E-state index is 0.409. The van der Waals surface area contributed by atoms with Crippen LogP contribution >= 0.6 is 0 Å². The number of hydrogen-bond donors (Lipinski definition) is 1. The summed E-state index contributed by atoms with van der Waals surface area (Å²) >= 11 is 0. The van der Waals surface area contributed by atoms with Crippen LogP contribution in [0.4, 0.5) is 30.7 Å². The molecule has 1 unspecified atom stereocenters. The molecule has 0 saturated carbocycles. The van der Waals surface area contributed by atoms with E-state index in [1.54, 1.807) is 0 Å². The van der Waals surface area contributed by atoms with Gasteiger partial charge in [-0.15, -0.1) is 0 Å². The molecule has 0 aliphatic rings. The Morgan fingerprint density at radius 3 is 1.91 bits per heavy atom. The minimum atomic E-state index is -6.76. The van der Waals surface area contributed by atoms with Crippen LogP contribution < -0.4 is 10.4 Å². The second kappa shape index (κ2) is 7.00. The Morgan fingerprint density at radius 2 is 1.57 bits per heavy atom. The van der Waals surface area contributed by atoms with Crippen LogP contribution in [0.2, 0.25) is 0 Å². The van der Waals surface area contributed by atoms with Gasteiger partial charge < -0.3 is 20.0 Å². The molecule has 1 amide bonds. The molecule has 0 radical (unpaired) electrons. The molecule has 0 aromatic rings. The lowest BCUT2D eigenvalue weighted by Crippen LogP contribution is -2.61. The lowest BCUT2D eigenvalue weighted by Gasteiger charge is -2.28. The van der Waals surface area contributed by atoms with Gasteiger partial charge in [0.05, 0.1) is 6.61 Å². The molecule has 134 valence electrons. The maximum absolute atomic E-state index is 13.0. The second-order valence-corrected chi connectivity index (χ2v) is 4.00. The number of halogens is 7. The number of amides is 1. The van der Waals surface area contributed by atoms with Crippen molar-refractivity contribution in [1.29, 1.82) is 0 Å². The largest absolute Gasteiger partial charge is 0.550 e. The Balaban J connectivity index is 5.39. The molecule has 0 fully saturated rings. The van der Waals surface area contributed by atoms with E-state index < -0.39 is 54.9 Å². The summed E-state index contributed by atoms with van der Waals surface area (Å²) < 4.78 is 91.3. The summed E-state index contributed by atoms with van der Waals surface area (Å²) in [4.78, 5) is 32.5. The number of hydrogen-bond acceptors (Lipinski definition) is 5. The SMILES string of the molecule is CCOC(=O)C(CC(=O)[O-])NC(=O)C(F)(F)C(F)(F)C(F)(F)F. The number of esters is 1. The van der Waals surface area contributed by atoms with Crippen molar-refractivity contribution in [3.63, 3.8) is 0 Å². The van der Waals surface area contributed by atoms with E-state index in [4.69, 9.17) is 0 Å². The number of carboxylic acid groups (broad SMARTS) is 1. The summed E-state index contributed by atoms with van der Waals surface area (Å²) in [5, 5.41) is 11.1. The number of carboxylic acids is 1. The van der Waals surface area contributed by atoms with Gasteiger partial charge >= 0.3 is 24.0 Å². The summed E-state index contributed by atoms with van der Waals surface area (Å²) in [6.07, 6.45) is -8.24. The van der Waals surface area contributed by atoms with Gasteiger partial charge in [-0.3, -0.25) is 4.79 Å². The van der Waals surface area contributed by atoms with Crippen LogP contribution in [0.25, 0.3) is 0 Å². The Hall–Kier alpha value is -2.08. The van der Waals surface area contributed by atoms with Crippen LogP contribution in [-0.2, 0) is 19.1 Å². The molecule has 0 bridgehead atoms. The van der Waals surface area contributed by atoms with Crippen molar-refractivity contribution in [1.82, 2.24) is 5.32 Å². The van der Waals surface area contributed by atoms with E-state index in [1.807, 2.05) is 0 Å². The number of alkyl halides is 7. The standard InChI is InChI=1S/C10H10F7NO5/c1-2-23-6(21)4(3-5(19)20)18-7(22)8(11,12)9(13,14)10(15,16)17/h4H,2-3H2,1H3,(H,18,22)(H,19,20)/p-1. The van der Waals surface area contributed by atoms with E-state index in [0.717, 1.165) is 5.32 Å². The molecule has 0 spiro atoms. The van der Waals surface area contributed by atoms with Gasteiger partial charge in [0.1, 0.15) is 6.04 Å². The number of rotatable bonds is 7. The molecule has 13 heteroatoms. The van der Waals surface area contributed by atoms with E-state index in [9.17, 15) is 50.2 Å². The highest BCUT2D eigenvalue weighted by Crippen LogP contribution is 2.46. The maximum atomic E-state index is 13.0. The van der Waals surface area contributed by atoms with Crippen molar-refractivity contribution < 1.29 is 55.0 Å². The van der Waals surface area contributed by atoms with Gasteiger partial charge in [0.25, 0.3) is 5.91 Å². The first-order valence-corrected chi connectivity index (χ1v) is 5.68. The van der Waals surface area contributed by atoms with Gasteiger partial charge in [-0.1, -0.05) is 0 Å². The first-order valence-electron chi connectivity index (χ1n) is 5.68. The molecular weight excluding hydrogens is 347 g/mol. The fourth-order valence-corrected chi connectivity index (χ4v) is 1.17. The normalized spacial score (nSPS) is 14.1. The summed E-state index contributed by atoms with van der Waals surface area (Å²) in [5.74, 6) is -19.9. The molecule has 23 heavy (non-hydrogen) atoms. The lowest BCUT2D eigenvalue weighted by atomic mass is 10.1. The van der Waals surface area contributed by atoms with E-state index >= 15 is 0 Å². The molecule has 1 N–H and O–H groups in total. The monoisotopic (exact) mass is 356 g/mol. The van der Waals surface area contributed by atoms with Crippen molar-refractivity contribution in [2.24, 2.45) is 0 Å². The van der Waals surface area contributed by atoms with Crippen molar-refractivity contribution in [2.45, 2.75) is 37.4 Å². The molecule has 0 aliphatic heterocycles. The van der Waals surface area contributed by atoms with E-state index in [0.29, 0.717) is 0 Å². The Labute approximate surface area is 123 Å². The van der Waals surface area contributed by atoms with Crippen molar-refractivity contribution >= 4 is 17.8 Å². The number of carbonyl (C=O) groups excluding carboxylic acids is 3. The number of ether oxygens (including phenoxy) is 1. The van der Waals surface area contributed by atoms with Crippen LogP contribution in [0.15, 0.2) is 0 Å². The van der Waals surface area contributed by atoms with Crippen molar-refractivity contribution in [2.75, 3.05) is 6.61 Å². The van der Waals surface area contributed by atoms with Crippen LogP contribution in [0, 0.1) is 0 Å². The number of aliphatic carboxylic acids is 1. The molecule has 0 aliphatic carbocycles. The third kappa shape index (κ3) is 4.69. The third-order valence-corrected chi connectivity index (χ3v) is 2.28. The first-order chi connectivity index (χ1) is 10.2. The van der Waals surface area contributed by atoms with E-state index in [-0.39, 0.29) is 0 Å². The zero-order chi connectivity index (χ0) is 18.6. The van der Waals surface area contributed by atoms with Gasteiger partial charge in [-0.2, -0.15) is 30.7 Å². The van der Waals surface area contributed by atoms with E-state index in [1.165, 1.54) is 6.92 Å². The Kier molecular flexibility index (Phi) is 6.37. The zero-order valence-electron chi connectivity index (χ0n) is 11.2. The Bertz CT molecular complexity index is 477. The minimum Gasteiger partial charge on any atom is -0.550 e. The maximum Gasteiger partial charge on any atom is 0.460 e. The van der Waals surface area contributed by atoms with Crippen molar-refractivity contribution in [3.8, 4) is 0 Å². The topological polar surface area (TPSA) is 95.5 Å².